The van der Waals surface area contributed by atoms with Crippen LogP contribution in [0.5, 0.6) is 11.5 Å². The van der Waals surface area contributed by atoms with Crippen LogP contribution in [0.2, 0.25) is 0 Å². The predicted octanol–water partition coefficient (Wildman–Crippen LogP) is 3.56. The Morgan fingerprint density at radius 1 is 1.24 bits per heavy atom. The highest BCUT2D eigenvalue weighted by Gasteiger charge is 2.23. The van der Waals surface area contributed by atoms with Crippen LogP contribution in [-0.4, -0.2) is 12.7 Å². The van der Waals surface area contributed by atoms with Gasteiger partial charge in [0.25, 0.3) is 0 Å². The van der Waals surface area contributed by atoms with E-state index in [-0.39, 0.29) is 6.10 Å². The Bertz CT molecular complexity index is 667. The van der Waals surface area contributed by atoms with Crippen molar-refractivity contribution in [3.63, 3.8) is 0 Å². The summed E-state index contributed by atoms with van der Waals surface area (Å²) in [4.78, 5) is 0. The lowest BCUT2D eigenvalue weighted by Crippen LogP contribution is -2.22. The Labute approximate surface area is 124 Å². The van der Waals surface area contributed by atoms with Crippen molar-refractivity contribution in [2.24, 2.45) is 0 Å². The number of ether oxygens (including phenoxy) is 2. The van der Waals surface area contributed by atoms with Crippen molar-refractivity contribution in [3.8, 4) is 17.6 Å². The molecule has 2 aromatic carbocycles. The van der Waals surface area contributed by atoms with E-state index in [2.05, 4.69) is 12.1 Å². The zero-order chi connectivity index (χ0) is 14.8. The topological polar surface area (TPSA) is 42.2 Å². The Hall–Kier alpha value is -2.47. The molecule has 1 heterocycles. The summed E-state index contributed by atoms with van der Waals surface area (Å²) < 4.78 is 11.8. The van der Waals surface area contributed by atoms with Crippen LogP contribution in [0.25, 0.3) is 0 Å². The fourth-order valence-electron chi connectivity index (χ4n) is 2.77. The molecule has 0 N–H and O–H groups in total. The van der Waals surface area contributed by atoms with E-state index in [9.17, 15) is 0 Å². The largest absolute Gasteiger partial charge is 0.489 e. The second-order valence-electron chi connectivity index (χ2n) is 5.41. The van der Waals surface area contributed by atoms with Crippen molar-refractivity contribution in [3.05, 3.63) is 58.7 Å². The fourth-order valence-corrected chi connectivity index (χ4v) is 2.77. The lowest BCUT2D eigenvalue weighted by atomic mass is 10.1. The Kier molecular flexibility index (Phi) is 3.53. The number of nitrogens with zero attached hydrogens (tertiary/aromatic N) is 1. The van der Waals surface area contributed by atoms with Gasteiger partial charge >= 0.3 is 0 Å². The first kappa shape index (κ1) is 13.5. The zero-order valence-electron chi connectivity index (χ0n) is 12.2. The minimum atomic E-state index is 0.0526. The summed E-state index contributed by atoms with van der Waals surface area (Å²) in [5, 5.41) is 8.97. The van der Waals surface area contributed by atoms with Crippen LogP contribution in [0.1, 0.15) is 22.3 Å². The van der Waals surface area contributed by atoms with Crippen LogP contribution in [0, 0.1) is 25.2 Å². The molecule has 3 nitrogen and oxygen atoms in total. The molecule has 0 saturated heterocycles. The highest BCUT2D eigenvalue weighted by Crippen LogP contribution is 2.30. The third-order valence-corrected chi connectivity index (χ3v) is 3.72. The molecule has 0 radical (unpaired) electrons. The van der Waals surface area contributed by atoms with Gasteiger partial charge in [0.2, 0.25) is 0 Å². The van der Waals surface area contributed by atoms with Gasteiger partial charge in [-0.05, 0) is 48.7 Å². The normalized spacial score (nSPS) is 16.0. The SMILES string of the molecule is Cc1cc(C#N)cc(C)c1OCC1Cc2ccccc2O1. The predicted molar refractivity (Wildman–Crippen MR) is 80.7 cm³/mol. The van der Waals surface area contributed by atoms with Gasteiger partial charge in [0, 0.05) is 6.42 Å². The summed E-state index contributed by atoms with van der Waals surface area (Å²) >= 11 is 0. The summed E-state index contributed by atoms with van der Waals surface area (Å²) in [7, 11) is 0. The van der Waals surface area contributed by atoms with Gasteiger partial charge in [-0.25, -0.2) is 0 Å². The van der Waals surface area contributed by atoms with Gasteiger partial charge in [0.05, 0.1) is 11.6 Å². The molecule has 3 rings (SSSR count). The first-order chi connectivity index (χ1) is 10.2. The maximum absolute atomic E-state index is 8.97. The molecule has 0 aliphatic carbocycles. The van der Waals surface area contributed by atoms with Crippen LogP contribution >= 0.6 is 0 Å². The molecule has 1 aliphatic rings. The lowest BCUT2D eigenvalue weighted by Gasteiger charge is -2.16. The second kappa shape index (κ2) is 5.49. The van der Waals surface area contributed by atoms with E-state index in [0.717, 1.165) is 29.0 Å². The molecule has 1 aliphatic heterocycles. The number of aryl methyl sites for hydroxylation is 2. The quantitative estimate of drug-likeness (QED) is 0.862. The van der Waals surface area contributed by atoms with E-state index < -0.39 is 0 Å². The molecule has 21 heavy (non-hydrogen) atoms. The van der Waals surface area contributed by atoms with Crippen molar-refractivity contribution in [2.45, 2.75) is 26.4 Å². The van der Waals surface area contributed by atoms with Crippen LogP contribution in [0.4, 0.5) is 0 Å². The Morgan fingerprint density at radius 3 is 2.62 bits per heavy atom. The van der Waals surface area contributed by atoms with Crippen molar-refractivity contribution in [1.29, 1.82) is 5.26 Å². The molecular formula is C18H17NO2. The number of para-hydroxylation sites is 1. The Balaban J connectivity index is 1.69. The van der Waals surface area contributed by atoms with Crippen molar-refractivity contribution < 1.29 is 9.47 Å². The van der Waals surface area contributed by atoms with Gasteiger partial charge in [-0.3, -0.25) is 0 Å². The fraction of sp³-hybridized carbons (Fsp3) is 0.278. The van der Waals surface area contributed by atoms with Gasteiger partial charge in [0.15, 0.2) is 0 Å². The smallest absolute Gasteiger partial charge is 0.137 e. The van der Waals surface area contributed by atoms with Gasteiger partial charge in [-0.15, -0.1) is 0 Å². The highest BCUT2D eigenvalue weighted by molar-refractivity contribution is 5.47. The van der Waals surface area contributed by atoms with E-state index >= 15 is 0 Å². The molecular weight excluding hydrogens is 262 g/mol. The molecule has 0 spiro atoms. The average molecular weight is 279 g/mol. The molecule has 0 saturated carbocycles. The number of hydrogen-bond acceptors (Lipinski definition) is 3. The summed E-state index contributed by atoms with van der Waals surface area (Å²) in [6.07, 6.45) is 0.932. The minimum absolute atomic E-state index is 0.0526. The number of benzene rings is 2. The van der Waals surface area contributed by atoms with Crippen LogP contribution in [0.3, 0.4) is 0 Å². The van der Waals surface area contributed by atoms with E-state index in [1.165, 1.54) is 5.56 Å². The minimum Gasteiger partial charge on any atom is -0.489 e. The van der Waals surface area contributed by atoms with Gasteiger partial charge in [-0.2, -0.15) is 5.26 Å². The second-order valence-corrected chi connectivity index (χ2v) is 5.41. The summed E-state index contributed by atoms with van der Waals surface area (Å²) in [5.74, 6) is 1.81. The third kappa shape index (κ3) is 2.71. The van der Waals surface area contributed by atoms with Crippen LogP contribution in [0.15, 0.2) is 36.4 Å². The highest BCUT2D eigenvalue weighted by atomic mass is 16.5. The maximum atomic E-state index is 8.97. The number of hydrogen-bond donors (Lipinski definition) is 0. The monoisotopic (exact) mass is 279 g/mol. The zero-order valence-corrected chi connectivity index (χ0v) is 12.2. The number of fused-ring (bicyclic) bond motifs is 1. The van der Waals surface area contributed by atoms with Crippen molar-refractivity contribution >= 4 is 0 Å². The molecule has 3 heteroatoms. The van der Waals surface area contributed by atoms with Crippen molar-refractivity contribution in [2.75, 3.05) is 6.61 Å². The van der Waals surface area contributed by atoms with Gasteiger partial charge < -0.3 is 9.47 Å². The molecule has 2 aromatic rings. The van der Waals surface area contributed by atoms with Crippen LogP contribution < -0.4 is 9.47 Å². The van der Waals surface area contributed by atoms with Gasteiger partial charge in [0.1, 0.15) is 24.2 Å². The Morgan fingerprint density at radius 2 is 1.95 bits per heavy atom. The first-order valence-electron chi connectivity index (χ1n) is 7.06. The standard InChI is InChI=1S/C18H17NO2/c1-12-7-14(10-19)8-13(2)18(12)20-11-16-9-15-5-3-4-6-17(15)21-16/h3-8,16H,9,11H2,1-2H3. The molecule has 0 amide bonds. The lowest BCUT2D eigenvalue weighted by molar-refractivity contribution is 0.147. The molecule has 0 bridgehead atoms. The maximum Gasteiger partial charge on any atom is 0.137 e. The first-order valence-corrected chi connectivity index (χ1v) is 7.06. The van der Waals surface area contributed by atoms with Crippen LogP contribution in [-0.2, 0) is 6.42 Å². The summed E-state index contributed by atoms with van der Waals surface area (Å²) in [6.45, 7) is 4.45. The summed E-state index contributed by atoms with van der Waals surface area (Å²) in [6, 6.07) is 14.0. The molecule has 106 valence electrons. The number of nitriles is 1. The molecule has 0 fully saturated rings. The number of rotatable bonds is 3. The van der Waals surface area contributed by atoms with Gasteiger partial charge in [-0.1, -0.05) is 18.2 Å². The van der Waals surface area contributed by atoms with E-state index in [0.29, 0.717) is 12.2 Å². The van der Waals surface area contributed by atoms with E-state index in [1.54, 1.807) is 0 Å². The molecule has 1 atom stereocenters. The molecule has 1 unspecified atom stereocenters. The average Bonchev–Trinajstić information content (AvgIpc) is 2.88. The van der Waals surface area contributed by atoms with Crippen molar-refractivity contribution in [1.82, 2.24) is 0 Å². The van der Waals surface area contributed by atoms with E-state index in [4.69, 9.17) is 14.7 Å². The third-order valence-electron chi connectivity index (χ3n) is 3.72. The summed E-state index contributed by atoms with van der Waals surface area (Å²) in [5.41, 5.74) is 3.88. The van der Waals surface area contributed by atoms with E-state index in [1.807, 2.05) is 44.2 Å². The molecule has 0 aromatic heterocycles.